The van der Waals surface area contributed by atoms with Crippen molar-refractivity contribution in [2.75, 3.05) is 13.2 Å². The first-order chi connectivity index (χ1) is 13.9. The summed E-state index contributed by atoms with van der Waals surface area (Å²) in [5.74, 6) is 0.761. The molecule has 0 radical (unpaired) electrons. The van der Waals surface area contributed by atoms with Crippen molar-refractivity contribution in [2.45, 2.75) is 31.9 Å². The standard InChI is InChI=1S/C21H24IN5O2/c1-21(2,11-14-6-7-19(26-27-23)17(22)10-14)25-12-15(28)13-29-20-5-3-4-18-16(20)8-9-24-18/h3-10,15,24-25,28H,11-13H2,1-2H3. The van der Waals surface area contributed by atoms with E-state index in [1.807, 2.05) is 48.7 Å². The first-order valence-electron chi connectivity index (χ1n) is 9.33. The number of hydrogen-bond donors (Lipinski definition) is 3. The average Bonchev–Trinajstić information content (AvgIpc) is 3.16. The average molecular weight is 505 g/mol. The van der Waals surface area contributed by atoms with Crippen LogP contribution < -0.4 is 10.1 Å². The van der Waals surface area contributed by atoms with Gasteiger partial charge in [0, 0.05) is 37.7 Å². The van der Waals surface area contributed by atoms with E-state index in [9.17, 15) is 5.11 Å². The van der Waals surface area contributed by atoms with Crippen LogP contribution in [0.3, 0.4) is 0 Å². The molecule has 8 heteroatoms. The summed E-state index contributed by atoms with van der Waals surface area (Å²) in [6.45, 7) is 4.82. The summed E-state index contributed by atoms with van der Waals surface area (Å²) in [5, 5.41) is 18.5. The number of aliphatic hydroxyl groups excluding tert-OH is 1. The Kier molecular flexibility index (Phi) is 7.02. The molecule has 0 fully saturated rings. The number of nitrogens with one attached hydrogen (secondary N) is 2. The quantitative estimate of drug-likeness (QED) is 0.164. The van der Waals surface area contributed by atoms with Gasteiger partial charge in [0.2, 0.25) is 0 Å². The molecular formula is C21H24IN5O2. The van der Waals surface area contributed by atoms with Crippen molar-refractivity contribution in [1.82, 2.24) is 10.3 Å². The van der Waals surface area contributed by atoms with E-state index in [-0.39, 0.29) is 12.1 Å². The van der Waals surface area contributed by atoms with Crippen LogP contribution in [0.2, 0.25) is 0 Å². The van der Waals surface area contributed by atoms with Gasteiger partial charge in [0.05, 0.1) is 5.69 Å². The van der Waals surface area contributed by atoms with Gasteiger partial charge in [-0.05, 0) is 78.2 Å². The molecule has 1 heterocycles. The van der Waals surface area contributed by atoms with Gasteiger partial charge in [0.15, 0.2) is 0 Å². The van der Waals surface area contributed by atoms with Crippen LogP contribution in [0.1, 0.15) is 19.4 Å². The van der Waals surface area contributed by atoms with Gasteiger partial charge < -0.3 is 20.1 Å². The maximum absolute atomic E-state index is 10.4. The highest BCUT2D eigenvalue weighted by Gasteiger charge is 2.20. The summed E-state index contributed by atoms with van der Waals surface area (Å²) >= 11 is 2.17. The lowest BCUT2D eigenvalue weighted by Crippen LogP contribution is -2.46. The van der Waals surface area contributed by atoms with Crippen LogP contribution in [0.5, 0.6) is 5.75 Å². The molecular weight excluding hydrogens is 481 g/mol. The van der Waals surface area contributed by atoms with Gasteiger partial charge >= 0.3 is 0 Å². The Morgan fingerprint density at radius 3 is 2.90 bits per heavy atom. The van der Waals surface area contributed by atoms with Crippen molar-refractivity contribution in [2.24, 2.45) is 5.11 Å². The van der Waals surface area contributed by atoms with Crippen LogP contribution in [0.15, 0.2) is 53.8 Å². The Morgan fingerprint density at radius 1 is 1.31 bits per heavy atom. The third kappa shape index (κ3) is 5.86. The number of aliphatic hydroxyl groups is 1. The van der Waals surface area contributed by atoms with Crippen molar-refractivity contribution in [3.05, 3.63) is 68.2 Å². The number of halogens is 1. The Bertz CT molecular complexity index is 1030. The lowest BCUT2D eigenvalue weighted by atomic mass is 9.94. The second-order valence-corrected chi connectivity index (χ2v) is 8.74. The summed E-state index contributed by atoms with van der Waals surface area (Å²) < 4.78 is 6.74. The number of aromatic amines is 1. The normalized spacial score (nSPS) is 12.6. The van der Waals surface area contributed by atoms with Gasteiger partial charge in [-0.2, -0.15) is 0 Å². The molecule has 3 aromatic rings. The van der Waals surface area contributed by atoms with Crippen LogP contribution in [-0.2, 0) is 6.42 Å². The molecule has 0 saturated carbocycles. The molecule has 2 aromatic carbocycles. The fourth-order valence-corrected chi connectivity index (χ4v) is 3.87. The molecule has 3 rings (SSSR count). The van der Waals surface area contributed by atoms with Crippen molar-refractivity contribution in [3.63, 3.8) is 0 Å². The van der Waals surface area contributed by atoms with E-state index in [0.29, 0.717) is 12.2 Å². The van der Waals surface area contributed by atoms with E-state index in [4.69, 9.17) is 10.3 Å². The second-order valence-electron chi connectivity index (χ2n) is 7.58. The zero-order valence-corrected chi connectivity index (χ0v) is 18.6. The Hall–Kier alpha value is -2.26. The molecule has 0 aliphatic rings. The fourth-order valence-electron chi connectivity index (χ4n) is 3.18. The van der Waals surface area contributed by atoms with Crippen molar-refractivity contribution < 1.29 is 9.84 Å². The van der Waals surface area contributed by atoms with E-state index >= 15 is 0 Å². The van der Waals surface area contributed by atoms with Crippen molar-refractivity contribution >= 4 is 39.2 Å². The lowest BCUT2D eigenvalue weighted by Gasteiger charge is -2.28. The van der Waals surface area contributed by atoms with Crippen molar-refractivity contribution in [3.8, 4) is 5.75 Å². The minimum Gasteiger partial charge on any atom is -0.490 e. The molecule has 0 amide bonds. The molecule has 0 bridgehead atoms. The first kappa shape index (κ1) is 21.4. The zero-order chi connectivity index (χ0) is 20.9. The minimum absolute atomic E-state index is 0.214. The van der Waals surface area contributed by atoms with Crippen LogP contribution in [0.4, 0.5) is 5.69 Å². The van der Waals surface area contributed by atoms with E-state index in [1.54, 1.807) is 0 Å². The maximum atomic E-state index is 10.4. The lowest BCUT2D eigenvalue weighted by molar-refractivity contribution is 0.0996. The third-order valence-electron chi connectivity index (χ3n) is 4.61. The predicted molar refractivity (Wildman–Crippen MR) is 124 cm³/mol. The molecule has 1 atom stereocenters. The minimum atomic E-state index is -0.629. The number of H-pyrrole nitrogens is 1. The predicted octanol–water partition coefficient (Wildman–Crippen LogP) is 5.06. The molecule has 0 aliphatic carbocycles. The zero-order valence-electron chi connectivity index (χ0n) is 16.4. The van der Waals surface area contributed by atoms with E-state index in [2.05, 4.69) is 56.8 Å². The van der Waals surface area contributed by atoms with Crippen LogP contribution in [0, 0.1) is 3.57 Å². The van der Waals surface area contributed by atoms with Crippen LogP contribution in [-0.4, -0.2) is 34.9 Å². The highest BCUT2D eigenvalue weighted by molar-refractivity contribution is 14.1. The number of benzene rings is 2. The summed E-state index contributed by atoms with van der Waals surface area (Å²) in [7, 11) is 0. The third-order valence-corrected chi connectivity index (χ3v) is 5.48. The fraction of sp³-hybridized carbons (Fsp3) is 0.333. The smallest absolute Gasteiger partial charge is 0.128 e. The monoisotopic (exact) mass is 505 g/mol. The Morgan fingerprint density at radius 2 is 2.14 bits per heavy atom. The maximum Gasteiger partial charge on any atom is 0.128 e. The van der Waals surface area contributed by atoms with Gasteiger partial charge in [-0.1, -0.05) is 23.3 Å². The van der Waals surface area contributed by atoms with E-state index in [0.717, 1.165) is 32.2 Å². The summed E-state index contributed by atoms with van der Waals surface area (Å²) in [5.41, 5.74) is 11.1. The molecule has 1 aromatic heterocycles. The molecule has 0 aliphatic heterocycles. The van der Waals surface area contributed by atoms with E-state index < -0.39 is 6.10 Å². The van der Waals surface area contributed by atoms with E-state index in [1.165, 1.54) is 0 Å². The summed E-state index contributed by atoms with van der Waals surface area (Å²) in [4.78, 5) is 5.99. The number of aromatic nitrogens is 1. The number of nitrogens with zero attached hydrogens (tertiary/aromatic N) is 3. The number of hydrogen-bond acceptors (Lipinski definition) is 4. The second kappa shape index (κ2) is 9.49. The Balaban J connectivity index is 1.52. The summed E-state index contributed by atoms with van der Waals surface area (Å²) in [6, 6.07) is 13.6. The first-order valence-corrected chi connectivity index (χ1v) is 10.4. The Labute approximate surface area is 183 Å². The summed E-state index contributed by atoms with van der Waals surface area (Å²) in [6.07, 6.45) is 2.02. The number of azide groups is 1. The number of ether oxygens (including phenoxy) is 1. The molecule has 3 N–H and O–H groups in total. The number of rotatable bonds is 9. The van der Waals surface area contributed by atoms with Gasteiger partial charge in [0.1, 0.15) is 18.5 Å². The van der Waals surface area contributed by atoms with Crippen molar-refractivity contribution in [1.29, 1.82) is 0 Å². The van der Waals surface area contributed by atoms with Gasteiger partial charge in [-0.25, -0.2) is 0 Å². The van der Waals surface area contributed by atoms with Gasteiger partial charge in [0.25, 0.3) is 0 Å². The number of β-amino-alcohol motifs (C(OH)–C–C–N with tert-alkyl or cyclic N) is 1. The number of fused-ring (bicyclic) bond motifs is 1. The highest BCUT2D eigenvalue weighted by atomic mass is 127. The van der Waals surface area contributed by atoms with Gasteiger partial charge in [-0.3, -0.25) is 0 Å². The SMILES string of the molecule is CC(C)(Cc1ccc(N=[N+]=[N-])c(I)c1)NCC(O)COc1cccc2[nH]ccc12. The molecule has 0 saturated heterocycles. The molecule has 152 valence electrons. The van der Waals surface area contributed by atoms with Crippen LogP contribution >= 0.6 is 22.6 Å². The largest absolute Gasteiger partial charge is 0.490 e. The topological polar surface area (TPSA) is 106 Å². The molecule has 29 heavy (non-hydrogen) atoms. The van der Waals surface area contributed by atoms with Crippen LogP contribution in [0.25, 0.3) is 21.3 Å². The van der Waals surface area contributed by atoms with Gasteiger partial charge in [-0.15, -0.1) is 0 Å². The molecule has 1 unspecified atom stereocenters. The molecule has 7 nitrogen and oxygen atoms in total. The molecule has 0 spiro atoms. The highest BCUT2D eigenvalue weighted by Crippen LogP contribution is 2.25.